The SMILES string of the molecule is C[C@@]1(c2ccc3c(N)ncnn23)O[C@H](COC(=O)Cc2ccccc2)[C@@H](OC(=O)Cc2ccccc2)[C@H]1O. The monoisotopic (exact) mass is 516 g/mol. The first-order chi connectivity index (χ1) is 18.3. The molecule has 10 heteroatoms. The maximum atomic E-state index is 12.9. The van der Waals surface area contributed by atoms with Gasteiger partial charge in [-0.05, 0) is 30.2 Å². The van der Waals surface area contributed by atoms with E-state index in [-0.39, 0.29) is 25.3 Å². The van der Waals surface area contributed by atoms with Crippen molar-refractivity contribution in [2.45, 2.75) is 43.7 Å². The largest absolute Gasteiger partial charge is 0.463 e. The highest BCUT2D eigenvalue weighted by molar-refractivity contribution is 5.73. The summed E-state index contributed by atoms with van der Waals surface area (Å²) in [4.78, 5) is 29.4. The van der Waals surface area contributed by atoms with Gasteiger partial charge in [-0.1, -0.05) is 60.7 Å². The van der Waals surface area contributed by atoms with Crippen molar-refractivity contribution in [1.82, 2.24) is 14.6 Å². The third-order valence-corrected chi connectivity index (χ3v) is 6.69. The Morgan fingerprint density at radius 3 is 2.29 bits per heavy atom. The summed E-state index contributed by atoms with van der Waals surface area (Å²) in [6.45, 7) is 1.45. The molecule has 0 radical (unpaired) electrons. The molecule has 2 aromatic carbocycles. The van der Waals surface area contributed by atoms with Gasteiger partial charge in [0.15, 0.2) is 11.9 Å². The van der Waals surface area contributed by atoms with Gasteiger partial charge in [-0.15, -0.1) is 0 Å². The number of aromatic nitrogens is 3. The molecule has 0 unspecified atom stereocenters. The van der Waals surface area contributed by atoms with Gasteiger partial charge < -0.3 is 25.1 Å². The molecule has 10 nitrogen and oxygen atoms in total. The number of esters is 2. The van der Waals surface area contributed by atoms with Crippen molar-refractivity contribution in [3.63, 3.8) is 0 Å². The van der Waals surface area contributed by atoms with Crippen molar-refractivity contribution in [2.75, 3.05) is 12.3 Å². The smallest absolute Gasteiger partial charge is 0.310 e. The number of carbonyl (C=O) groups is 2. The summed E-state index contributed by atoms with van der Waals surface area (Å²) in [5.74, 6) is -0.745. The Hall–Kier alpha value is -4.28. The van der Waals surface area contributed by atoms with Crippen LogP contribution in [0.3, 0.4) is 0 Å². The first-order valence-corrected chi connectivity index (χ1v) is 12.2. The number of hydrogen-bond acceptors (Lipinski definition) is 9. The fourth-order valence-corrected chi connectivity index (χ4v) is 4.72. The van der Waals surface area contributed by atoms with Crippen LogP contribution in [0.4, 0.5) is 5.82 Å². The number of rotatable bonds is 8. The molecule has 1 saturated heterocycles. The number of aliphatic hydroxyl groups excluding tert-OH is 1. The van der Waals surface area contributed by atoms with Gasteiger partial charge >= 0.3 is 11.9 Å². The summed E-state index contributed by atoms with van der Waals surface area (Å²) in [5.41, 5.74) is 7.21. The molecule has 0 amide bonds. The molecule has 38 heavy (non-hydrogen) atoms. The highest BCUT2D eigenvalue weighted by Crippen LogP contribution is 2.41. The summed E-state index contributed by atoms with van der Waals surface area (Å²) in [5, 5.41) is 15.7. The van der Waals surface area contributed by atoms with E-state index >= 15 is 0 Å². The van der Waals surface area contributed by atoms with E-state index in [2.05, 4.69) is 10.1 Å². The molecule has 0 spiro atoms. The van der Waals surface area contributed by atoms with Crippen LogP contribution >= 0.6 is 0 Å². The van der Waals surface area contributed by atoms with E-state index in [1.54, 1.807) is 19.1 Å². The quantitative estimate of drug-likeness (QED) is 0.338. The second-order valence-corrected chi connectivity index (χ2v) is 9.33. The van der Waals surface area contributed by atoms with Gasteiger partial charge in [0, 0.05) is 0 Å². The first kappa shape index (κ1) is 25.4. The zero-order chi connectivity index (χ0) is 26.7. The summed E-state index contributed by atoms with van der Waals surface area (Å²) >= 11 is 0. The Labute approximate surface area is 219 Å². The van der Waals surface area contributed by atoms with Crippen molar-refractivity contribution >= 4 is 23.3 Å². The van der Waals surface area contributed by atoms with Crippen LogP contribution < -0.4 is 5.73 Å². The molecular formula is C28H28N4O6. The molecule has 0 bridgehead atoms. The van der Waals surface area contributed by atoms with Crippen LogP contribution in [0.15, 0.2) is 79.1 Å². The number of benzene rings is 2. The topological polar surface area (TPSA) is 138 Å². The highest BCUT2D eigenvalue weighted by Gasteiger charge is 2.56. The van der Waals surface area contributed by atoms with E-state index < -0.39 is 35.9 Å². The lowest BCUT2D eigenvalue weighted by molar-refractivity contribution is -0.159. The molecule has 1 aliphatic heterocycles. The van der Waals surface area contributed by atoms with E-state index in [9.17, 15) is 14.7 Å². The van der Waals surface area contributed by atoms with Crippen molar-refractivity contribution < 1.29 is 28.9 Å². The molecule has 4 aromatic rings. The van der Waals surface area contributed by atoms with Crippen LogP contribution in [0.2, 0.25) is 0 Å². The molecule has 0 saturated carbocycles. The summed E-state index contributed by atoms with van der Waals surface area (Å²) in [6, 6.07) is 21.8. The summed E-state index contributed by atoms with van der Waals surface area (Å²) in [6.07, 6.45) is -1.94. The number of nitrogen functional groups attached to an aromatic ring is 1. The standard InChI is InChI=1S/C28H28N4O6/c1-28(22-13-12-20-27(29)30-17-31-32(20)22)26(35)25(37-24(34)15-19-10-6-3-7-11-19)21(38-28)16-36-23(33)14-18-8-4-2-5-9-18/h2-13,17,21,25-26,35H,14-16H2,1H3,(H2,29,30,31)/t21-,25-,26-,28+/m1/s1. The number of fused-ring (bicyclic) bond motifs is 1. The third-order valence-electron chi connectivity index (χ3n) is 6.69. The van der Waals surface area contributed by atoms with E-state index in [1.807, 2.05) is 60.7 Å². The normalized spacial score (nSPS) is 22.8. The van der Waals surface area contributed by atoms with Gasteiger partial charge in [0.1, 0.15) is 36.3 Å². The fraction of sp³-hybridized carbons (Fsp3) is 0.286. The lowest BCUT2D eigenvalue weighted by Gasteiger charge is -2.27. The van der Waals surface area contributed by atoms with Crippen LogP contribution in [-0.2, 0) is 42.2 Å². The predicted octanol–water partition coefficient (Wildman–Crippen LogP) is 2.23. The number of aliphatic hydroxyl groups is 1. The van der Waals surface area contributed by atoms with Gasteiger partial charge in [0.25, 0.3) is 0 Å². The van der Waals surface area contributed by atoms with Gasteiger partial charge in [-0.2, -0.15) is 5.10 Å². The van der Waals surface area contributed by atoms with Gasteiger partial charge in [-0.25, -0.2) is 9.50 Å². The van der Waals surface area contributed by atoms with Gasteiger partial charge in [0.05, 0.1) is 18.5 Å². The molecule has 0 aliphatic carbocycles. The van der Waals surface area contributed by atoms with Crippen LogP contribution in [0.25, 0.3) is 5.52 Å². The zero-order valence-corrected chi connectivity index (χ0v) is 20.8. The molecule has 3 N–H and O–H groups in total. The van der Waals surface area contributed by atoms with Crippen molar-refractivity contribution in [1.29, 1.82) is 0 Å². The Balaban J connectivity index is 1.38. The lowest BCUT2D eigenvalue weighted by Crippen LogP contribution is -2.42. The first-order valence-electron chi connectivity index (χ1n) is 12.2. The maximum Gasteiger partial charge on any atom is 0.310 e. The molecule has 5 rings (SSSR count). The van der Waals surface area contributed by atoms with Crippen molar-refractivity contribution in [3.05, 3.63) is 95.9 Å². The maximum absolute atomic E-state index is 12.9. The Morgan fingerprint density at radius 2 is 1.63 bits per heavy atom. The number of carbonyl (C=O) groups excluding carboxylic acids is 2. The van der Waals surface area contributed by atoms with E-state index in [4.69, 9.17) is 19.9 Å². The summed E-state index contributed by atoms with van der Waals surface area (Å²) in [7, 11) is 0. The molecule has 196 valence electrons. The van der Waals surface area contributed by atoms with Gasteiger partial charge in [0.2, 0.25) is 0 Å². The zero-order valence-electron chi connectivity index (χ0n) is 20.8. The molecule has 1 aliphatic rings. The number of nitrogens with two attached hydrogens (primary N) is 1. The minimum Gasteiger partial charge on any atom is -0.463 e. The van der Waals surface area contributed by atoms with Crippen molar-refractivity contribution in [3.8, 4) is 0 Å². The Kier molecular flexibility index (Phi) is 7.08. The molecular weight excluding hydrogens is 488 g/mol. The Bertz CT molecular complexity index is 1430. The molecule has 3 heterocycles. The van der Waals surface area contributed by atoms with Gasteiger partial charge in [-0.3, -0.25) is 9.59 Å². The van der Waals surface area contributed by atoms with E-state index in [1.165, 1.54) is 10.8 Å². The lowest BCUT2D eigenvalue weighted by atomic mass is 9.93. The second kappa shape index (κ2) is 10.6. The number of hydrogen-bond donors (Lipinski definition) is 2. The predicted molar refractivity (Wildman–Crippen MR) is 137 cm³/mol. The molecule has 2 aromatic heterocycles. The van der Waals surface area contributed by atoms with Crippen LogP contribution in [0, 0.1) is 0 Å². The third kappa shape index (κ3) is 5.09. The van der Waals surface area contributed by atoms with E-state index in [0.717, 1.165) is 11.1 Å². The average Bonchev–Trinajstić information content (AvgIpc) is 3.46. The Morgan fingerprint density at radius 1 is 1.00 bits per heavy atom. The highest BCUT2D eigenvalue weighted by atomic mass is 16.6. The summed E-state index contributed by atoms with van der Waals surface area (Å²) < 4.78 is 19.1. The fourth-order valence-electron chi connectivity index (χ4n) is 4.72. The number of anilines is 1. The van der Waals surface area contributed by atoms with E-state index in [0.29, 0.717) is 11.2 Å². The molecule has 1 fully saturated rings. The van der Waals surface area contributed by atoms with Crippen molar-refractivity contribution in [2.24, 2.45) is 0 Å². The average molecular weight is 517 g/mol. The van der Waals surface area contributed by atoms with Crippen LogP contribution in [0.1, 0.15) is 23.7 Å². The number of nitrogens with zero attached hydrogens (tertiary/aromatic N) is 3. The molecule has 4 atom stereocenters. The van der Waals surface area contributed by atoms with Crippen LogP contribution in [0.5, 0.6) is 0 Å². The minimum absolute atomic E-state index is 0.0130. The van der Waals surface area contributed by atoms with Crippen LogP contribution in [-0.4, -0.2) is 56.6 Å². The second-order valence-electron chi connectivity index (χ2n) is 9.33. The number of ether oxygens (including phenoxy) is 3. The minimum atomic E-state index is -1.36.